The molecule has 0 aromatic rings. The van der Waals surface area contributed by atoms with Crippen LogP contribution < -0.4 is 10.6 Å². The summed E-state index contributed by atoms with van der Waals surface area (Å²) in [6.45, 7) is 19.6. The summed E-state index contributed by atoms with van der Waals surface area (Å²) in [5.41, 5.74) is -0.491. The zero-order valence-corrected chi connectivity index (χ0v) is 24.2. The number of alkyl carbamates (subject to hydrolysis) is 1. The van der Waals surface area contributed by atoms with Crippen molar-refractivity contribution in [3.8, 4) is 0 Å². The second kappa shape index (κ2) is 15.2. The first-order chi connectivity index (χ1) is 14.4. The van der Waals surface area contributed by atoms with Crippen LogP contribution >= 0.6 is 24.0 Å². The number of nitrogens with zero attached hydrogens (tertiary/aromatic N) is 4. The predicted molar refractivity (Wildman–Crippen MR) is 145 cm³/mol. The summed E-state index contributed by atoms with van der Waals surface area (Å²) >= 11 is 0. The zero-order valence-electron chi connectivity index (χ0n) is 21.9. The molecule has 2 N–H and O–H groups in total. The molecule has 8 nitrogen and oxygen atoms in total. The third-order valence-electron chi connectivity index (χ3n) is 5.63. The van der Waals surface area contributed by atoms with Crippen molar-refractivity contribution < 1.29 is 9.53 Å². The number of ether oxygens (including phenoxy) is 1. The number of guanidine groups is 1. The van der Waals surface area contributed by atoms with Gasteiger partial charge in [0.2, 0.25) is 0 Å². The third-order valence-corrected chi connectivity index (χ3v) is 5.63. The summed E-state index contributed by atoms with van der Waals surface area (Å²) in [5, 5.41) is 6.55. The number of likely N-dealkylation sites (N-methyl/N-ethyl adjacent to an activating group) is 1. The molecule has 1 rings (SSSR count). The molecule has 0 aromatic heterocycles. The SMILES string of the molecule is CN=C(NCC(C)CN1CCN(C)CC1)N(C)CCC(NC(=O)OC(C)(C)C)C(C)C.I. The number of aliphatic imine (C=N–C) groups is 1. The molecule has 1 fully saturated rings. The first-order valence-corrected chi connectivity index (χ1v) is 11.7. The minimum Gasteiger partial charge on any atom is -0.444 e. The molecule has 0 saturated carbocycles. The van der Waals surface area contributed by atoms with E-state index in [0.717, 1.165) is 58.2 Å². The van der Waals surface area contributed by atoms with Crippen LogP contribution in [0.25, 0.3) is 0 Å². The lowest BCUT2D eigenvalue weighted by molar-refractivity contribution is 0.0486. The van der Waals surface area contributed by atoms with Crippen molar-refractivity contribution >= 4 is 36.0 Å². The molecule has 1 amide bonds. The molecule has 0 spiro atoms. The van der Waals surface area contributed by atoms with Crippen LogP contribution in [-0.2, 0) is 4.74 Å². The molecule has 190 valence electrons. The van der Waals surface area contributed by atoms with Crippen LogP contribution in [0.4, 0.5) is 4.79 Å². The average Bonchev–Trinajstić information content (AvgIpc) is 2.65. The van der Waals surface area contributed by atoms with E-state index in [4.69, 9.17) is 4.74 Å². The number of carbonyl (C=O) groups is 1. The number of piperazine rings is 1. The summed E-state index contributed by atoms with van der Waals surface area (Å²) in [6, 6.07) is 0.0477. The maximum Gasteiger partial charge on any atom is 0.407 e. The lowest BCUT2D eigenvalue weighted by atomic mass is 10.0. The molecular formula is C23H49IN6O2. The Morgan fingerprint density at radius 3 is 2.25 bits per heavy atom. The van der Waals surface area contributed by atoms with Gasteiger partial charge >= 0.3 is 6.09 Å². The number of carbonyl (C=O) groups excluding carboxylic acids is 1. The Hall–Kier alpha value is -0.810. The lowest BCUT2D eigenvalue weighted by Gasteiger charge is -2.34. The van der Waals surface area contributed by atoms with Crippen molar-refractivity contribution in [3.05, 3.63) is 0 Å². The Bertz CT molecular complexity index is 559. The summed E-state index contributed by atoms with van der Waals surface area (Å²) in [4.78, 5) is 23.7. The Kier molecular flexibility index (Phi) is 14.8. The standard InChI is InChI=1S/C23H48N6O2.HI/c1-18(2)20(26-22(30)31-23(4,5)6)10-11-28(9)21(24-7)25-16-19(3)17-29-14-12-27(8)13-15-29;/h18-20H,10-17H2,1-9H3,(H,24,25)(H,26,30);1H. The van der Waals surface area contributed by atoms with E-state index in [1.165, 1.54) is 0 Å². The van der Waals surface area contributed by atoms with Gasteiger partial charge in [-0.3, -0.25) is 4.99 Å². The molecule has 32 heavy (non-hydrogen) atoms. The Balaban J connectivity index is 0.00000961. The highest BCUT2D eigenvalue weighted by molar-refractivity contribution is 14.0. The van der Waals surface area contributed by atoms with E-state index in [0.29, 0.717) is 11.8 Å². The molecule has 0 bridgehead atoms. The van der Waals surface area contributed by atoms with E-state index >= 15 is 0 Å². The fraction of sp³-hybridized carbons (Fsp3) is 0.913. The Morgan fingerprint density at radius 2 is 1.75 bits per heavy atom. The Labute approximate surface area is 213 Å². The van der Waals surface area contributed by atoms with Crippen molar-refractivity contribution in [1.29, 1.82) is 0 Å². The van der Waals surface area contributed by atoms with E-state index in [-0.39, 0.29) is 36.1 Å². The van der Waals surface area contributed by atoms with E-state index in [1.54, 1.807) is 0 Å². The van der Waals surface area contributed by atoms with E-state index < -0.39 is 5.60 Å². The van der Waals surface area contributed by atoms with E-state index in [1.807, 2.05) is 34.9 Å². The number of amides is 1. The lowest BCUT2D eigenvalue weighted by Crippen LogP contribution is -2.48. The molecule has 0 aliphatic carbocycles. The molecule has 1 saturated heterocycles. The van der Waals surface area contributed by atoms with Gasteiger partial charge in [0.1, 0.15) is 5.60 Å². The van der Waals surface area contributed by atoms with Crippen LogP contribution in [0.3, 0.4) is 0 Å². The van der Waals surface area contributed by atoms with Crippen LogP contribution in [-0.4, -0.2) is 105 Å². The monoisotopic (exact) mass is 568 g/mol. The van der Waals surface area contributed by atoms with Gasteiger partial charge < -0.3 is 30.1 Å². The largest absolute Gasteiger partial charge is 0.444 e. The second-order valence-electron chi connectivity index (χ2n) is 10.3. The third kappa shape index (κ3) is 13.0. The van der Waals surface area contributed by atoms with Crippen LogP contribution in [0.1, 0.15) is 48.0 Å². The van der Waals surface area contributed by atoms with Gasteiger partial charge in [-0.2, -0.15) is 0 Å². The highest BCUT2D eigenvalue weighted by Crippen LogP contribution is 2.11. The van der Waals surface area contributed by atoms with Crippen molar-refractivity contribution in [2.24, 2.45) is 16.8 Å². The van der Waals surface area contributed by atoms with Gasteiger partial charge in [-0.15, -0.1) is 24.0 Å². The van der Waals surface area contributed by atoms with Gasteiger partial charge in [0.15, 0.2) is 5.96 Å². The van der Waals surface area contributed by atoms with Gasteiger partial charge in [0.05, 0.1) is 0 Å². The minimum absolute atomic E-state index is 0. The van der Waals surface area contributed by atoms with Gasteiger partial charge in [0.25, 0.3) is 0 Å². The summed E-state index contributed by atoms with van der Waals surface area (Å²) in [7, 11) is 6.06. The number of rotatable bonds is 9. The summed E-state index contributed by atoms with van der Waals surface area (Å²) < 4.78 is 5.42. The second-order valence-corrected chi connectivity index (χ2v) is 10.3. The van der Waals surface area contributed by atoms with Crippen LogP contribution in [0.5, 0.6) is 0 Å². The van der Waals surface area contributed by atoms with Crippen LogP contribution in [0.15, 0.2) is 4.99 Å². The molecule has 1 heterocycles. The first-order valence-electron chi connectivity index (χ1n) is 11.7. The predicted octanol–water partition coefficient (Wildman–Crippen LogP) is 2.93. The van der Waals surface area contributed by atoms with Crippen molar-refractivity contribution in [3.63, 3.8) is 0 Å². The smallest absolute Gasteiger partial charge is 0.407 e. The number of hydrogen-bond donors (Lipinski definition) is 2. The summed E-state index contributed by atoms with van der Waals surface area (Å²) in [5.74, 6) is 1.76. The molecule has 1 aliphatic heterocycles. The molecule has 2 atom stereocenters. The number of nitrogens with one attached hydrogen (secondary N) is 2. The van der Waals surface area contributed by atoms with Gasteiger partial charge in [-0.1, -0.05) is 20.8 Å². The molecule has 0 radical (unpaired) electrons. The first kappa shape index (κ1) is 31.2. The fourth-order valence-electron chi connectivity index (χ4n) is 3.66. The highest BCUT2D eigenvalue weighted by atomic mass is 127. The van der Waals surface area contributed by atoms with Crippen LogP contribution in [0, 0.1) is 11.8 Å². The van der Waals surface area contributed by atoms with Crippen molar-refractivity contribution in [1.82, 2.24) is 25.3 Å². The van der Waals surface area contributed by atoms with E-state index in [9.17, 15) is 4.79 Å². The number of hydrogen-bond acceptors (Lipinski definition) is 5. The maximum atomic E-state index is 12.2. The maximum absolute atomic E-state index is 12.2. The van der Waals surface area contributed by atoms with Crippen molar-refractivity contribution in [2.45, 2.75) is 59.6 Å². The van der Waals surface area contributed by atoms with Crippen molar-refractivity contribution in [2.75, 3.05) is 67.0 Å². The molecule has 0 aromatic carbocycles. The molecule has 9 heteroatoms. The number of halogens is 1. The molecular weight excluding hydrogens is 519 g/mol. The average molecular weight is 569 g/mol. The summed E-state index contributed by atoms with van der Waals surface area (Å²) in [6.07, 6.45) is 0.472. The van der Waals surface area contributed by atoms with Gasteiger partial charge in [0, 0.05) is 66.0 Å². The Morgan fingerprint density at radius 1 is 1.16 bits per heavy atom. The quantitative estimate of drug-likeness (QED) is 0.253. The van der Waals surface area contributed by atoms with E-state index in [2.05, 4.69) is 58.1 Å². The molecule has 2 unspecified atom stereocenters. The fourth-order valence-corrected chi connectivity index (χ4v) is 3.66. The normalized spacial score (nSPS) is 18.0. The minimum atomic E-state index is -0.491. The topological polar surface area (TPSA) is 72.4 Å². The van der Waals surface area contributed by atoms with Gasteiger partial charge in [-0.25, -0.2) is 4.79 Å². The van der Waals surface area contributed by atoms with Crippen LogP contribution in [0.2, 0.25) is 0 Å². The zero-order chi connectivity index (χ0) is 23.6. The highest BCUT2D eigenvalue weighted by Gasteiger charge is 2.22. The van der Waals surface area contributed by atoms with Gasteiger partial charge in [-0.05, 0) is 46.1 Å². The molecule has 1 aliphatic rings.